The topological polar surface area (TPSA) is 43.8 Å². The van der Waals surface area contributed by atoms with Crippen molar-refractivity contribution in [1.82, 2.24) is 9.80 Å². The molecular weight excluding hydrogens is 343 g/mol. The molecular formula is C22H25FN2O2. The zero-order chi connectivity index (χ0) is 19.7. The zero-order valence-electron chi connectivity index (χ0n) is 16.3. The van der Waals surface area contributed by atoms with Crippen molar-refractivity contribution in [2.75, 3.05) is 26.2 Å². The molecule has 1 saturated heterocycles. The number of rotatable bonds is 5. The summed E-state index contributed by atoms with van der Waals surface area (Å²) >= 11 is 0. The summed E-state index contributed by atoms with van der Waals surface area (Å²) in [5.74, 6) is 0.174. The Kier molecular flexibility index (Phi) is 4.87. The quantitative estimate of drug-likeness (QED) is 0.880. The standard InChI is InChI=1S/C22H25FN2O2/c23-19-7-5-17(6-8-19)21(26)15-24-11-9-16(10-12-24)13-25-14-18-3-1-2-4-20(18)22(25)27/h1-8,16,21,26H,9-15H2/i21D. The summed E-state index contributed by atoms with van der Waals surface area (Å²) < 4.78 is 21.3. The molecule has 2 heterocycles. The van der Waals surface area contributed by atoms with E-state index >= 15 is 0 Å². The predicted octanol–water partition coefficient (Wildman–Crippen LogP) is 3.23. The fraction of sp³-hybridized carbons (Fsp3) is 0.409. The minimum Gasteiger partial charge on any atom is -0.387 e. The van der Waals surface area contributed by atoms with Crippen molar-refractivity contribution >= 4 is 5.91 Å². The lowest BCUT2D eigenvalue weighted by Crippen LogP contribution is -2.40. The number of likely N-dealkylation sites (tertiary alicyclic amines) is 1. The highest BCUT2D eigenvalue weighted by Gasteiger charge is 2.30. The third kappa shape index (κ3) is 4.04. The van der Waals surface area contributed by atoms with Gasteiger partial charge in [-0.15, -0.1) is 0 Å². The first kappa shape index (κ1) is 16.9. The van der Waals surface area contributed by atoms with Gasteiger partial charge in [-0.05, 0) is 61.2 Å². The summed E-state index contributed by atoms with van der Waals surface area (Å²) in [5.41, 5.74) is 2.32. The van der Waals surface area contributed by atoms with Crippen LogP contribution in [0.3, 0.4) is 0 Å². The molecule has 4 rings (SSSR count). The average molecular weight is 369 g/mol. The second-order valence-electron chi connectivity index (χ2n) is 7.52. The maximum absolute atomic E-state index is 13.1. The monoisotopic (exact) mass is 369 g/mol. The molecule has 2 aromatic carbocycles. The van der Waals surface area contributed by atoms with Crippen molar-refractivity contribution in [2.24, 2.45) is 5.92 Å². The van der Waals surface area contributed by atoms with E-state index in [2.05, 4.69) is 4.90 Å². The van der Waals surface area contributed by atoms with Crippen LogP contribution < -0.4 is 0 Å². The smallest absolute Gasteiger partial charge is 0.254 e. The highest BCUT2D eigenvalue weighted by Crippen LogP contribution is 2.27. The molecule has 27 heavy (non-hydrogen) atoms. The minimum absolute atomic E-state index is 0.120. The van der Waals surface area contributed by atoms with Crippen LogP contribution in [0.1, 0.15) is 41.8 Å². The summed E-state index contributed by atoms with van der Waals surface area (Å²) in [6.45, 7) is 3.19. The van der Waals surface area contributed by atoms with Crippen LogP contribution in [0.15, 0.2) is 48.5 Å². The lowest BCUT2D eigenvalue weighted by molar-refractivity contribution is 0.0654. The Labute approximate surface area is 160 Å². The van der Waals surface area contributed by atoms with E-state index in [0.717, 1.165) is 43.6 Å². The van der Waals surface area contributed by atoms with Crippen LogP contribution in [0, 0.1) is 11.7 Å². The maximum Gasteiger partial charge on any atom is 0.254 e. The molecule has 2 aliphatic heterocycles. The van der Waals surface area contributed by atoms with Crippen LogP contribution >= 0.6 is 0 Å². The number of piperidine rings is 1. The first-order chi connectivity index (χ1) is 13.4. The molecule has 1 amide bonds. The van der Waals surface area contributed by atoms with Gasteiger partial charge < -0.3 is 14.9 Å². The van der Waals surface area contributed by atoms with Gasteiger partial charge in [0.1, 0.15) is 5.82 Å². The van der Waals surface area contributed by atoms with Gasteiger partial charge in [0, 0.05) is 25.2 Å². The lowest BCUT2D eigenvalue weighted by atomic mass is 9.95. The van der Waals surface area contributed by atoms with Gasteiger partial charge in [0.2, 0.25) is 0 Å². The number of fused-ring (bicyclic) bond motifs is 1. The van der Waals surface area contributed by atoms with Crippen LogP contribution in [0.2, 0.25) is 0 Å². The second-order valence-corrected chi connectivity index (χ2v) is 7.52. The molecule has 0 bridgehead atoms. The zero-order valence-corrected chi connectivity index (χ0v) is 15.3. The molecule has 1 fully saturated rings. The van der Waals surface area contributed by atoms with Gasteiger partial charge in [-0.25, -0.2) is 4.39 Å². The first-order valence-corrected chi connectivity index (χ1v) is 9.50. The van der Waals surface area contributed by atoms with Gasteiger partial charge in [0.15, 0.2) is 0 Å². The molecule has 1 atom stereocenters. The van der Waals surface area contributed by atoms with Gasteiger partial charge in [0.05, 0.1) is 7.45 Å². The fourth-order valence-electron chi connectivity index (χ4n) is 4.05. The van der Waals surface area contributed by atoms with Gasteiger partial charge in [-0.2, -0.15) is 0 Å². The molecule has 0 aromatic heterocycles. The number of β-amino-alcohol motifs (C(OH)–C–C–N with tert-alkyl or cyclic N) is 1. The highest BCUT2D eigenvalue weighted by molar-refractivity contribution is 5.98. The van der Waals surface area contributed by atoms with Gasteiger partial charge in [0.25, 0.3) is 5.91 Å². The third-order valence-corrected chi connectivity index (χ3v) is 5.63. The molecule has 0 aliphatic carbocycles. The highest BCUT2D eigenvalue weighted by atomic mass is 19.1. The van der Waals surface area contributed by atoms with Crippen LogP contribution in [0.25, 0.3) is 0 Å². The molecule has 142 valence electrons. The maximum atomic E-state index is 13.1. The first-order valence-electron chi connectivity index (χ1n) is 10.0. The van der Waals surface area contributed by atoms with Crippen LogP contribution in [-0.4, -0.2) is 47.0 Å². The van der Waals surface area contributed by atoms with E-state index in [1.54, 1.807) is 0 Å². The average Bonchev–Trinajstić information content (AvgIpc) is 2.99. The Balaban J connectivity index is 1.29. The van der Waals surface area contributed by atoms with E-state index < -0.39 is 6.08 Å². The van der Waals surface area contributed by atoms with Crippen molar-refractivity contribution in [3.8, 4) is 0 Å². The minimum atomic E-state index is -1.76. The second kappa shape index (κ2) is 7.79. The Hall–Kier alpha value is -2.24. The van der Waals surface area contributed by atoms with Crippen LogP contribution in [0.4, 0.5) is 4.39 Å². The number of halogens is 1. The van der Waals surface area contributed by atoms with E-state index in [9.17, 15) is 14.3 Å². The number of nitrogens with zero attached hydrogens (tertiary/aromatic N) is 2. The number of carbonyl (C=O) groups excluding carboxylic acids is 1. The third-order valence-electron chi connectivity index (χ3n) is 5.63. The molecule has 5 heteroatoms. The molecule has 1 N–H and O–H groups in total. The molecule has 0 spiro atoms. The molecule has 0 saturated carbocycles. The lowest BCUT2D eigenvalue weighted by Gasteiger charge is -2.34. The SMILES string of the molecule is [2H]C(O)(CN1CCC(CN2Cc3ccccc3C2=O)CC1)c1ccc(F)cc1. The molecule has 2 aromatic rings. The Morgan fingerprint density at radius 3 is 2.56 bits per heavy atom. The van der Waals surface area contributed by atoms with Crippen molar-refractivity contribution in [3.63, 3.8) is 0 Å². The molecule has 4 nitrogen and oxygen atoms in total. The van der Waals surface area contributed by atoms with Gasteiger partial charge in [-0.1, -0.05) is 30.3 Å². The predicted molar refractivity (Wildman–Crippen MR) is 102 cm³/mol. The van der Waals surface area contributed by atoms with Gasteiger partial charge in [-0.3, -0.25) is 4.79 Å². The summed E-state index contributed by atoms with van der Waals surface area (Å²) in [7, 11) is 0. The number of carbonyl (C=O) groups is 1. The van der Waals surface area contributed by atoms with Crippen molar-refractivity contribution < 1.29 is 15.7 Å². The van der Waals surface area contributed by atoms with Crippen LogP contribution in [0.5, 0.6) is 0 Å². The normalized spacial score (nSPS) is 21.0. The molecule has 0 radical (unpaired) electrons. The van der Waals surface area contributed by atoms with Crippen molar-refractivity contribution in [1.29, 1.82) is 0 Å². The summed E-state index contributed by atoms with van der Waals surface area (Å²) in [5, 5.41) is 10.5. The number of benzene rings is 2. The summed E-state index contributed by atoms with van der Waals surface area (Å²) in [6.07, 6.45) is 0.104. The number of aliphatic hydroxyl groups is 1. The van der Waals surface area contributed by atoms with Gasteiger partial charge >= 0.3 is 0 Å². The Morgan fingerprint density at radius 1 is 1.15 bits per heavy atom. The summed E-state index contributed by atoms with van der Waals surface area (Å²) in [4.78, 5) is 16.5. The van der Waals surface area contributed by atoms with Crippen molar-refractivity contribution in [3.05, 3.63) is 71.0 Å². The van der Waals surface area contributed by atoms with E-state index in [0.29, 0.717) is 18.0 Å². The summed E-state index contributed by atoms with van der Waals surface area (Å²) in [6, 6.07) is 13.3. The van der Waals surface area contributed by atoms with E-state index in [1.807, 2.05) is 29.2 Å². The fourth-order valence-corrected chi connectivity index (χ4v) is 4.05. The Bertz CT molecular complexity index is 848. The van der Waals surface area contributed by atoms with Crippen molar-refractivity contribution in [2.45, 2.75) is 25.5 Å². The number of amides is 1. The largest absolute Gasteiger partial charge is 0.387 e. The molecule has 2 aliphatic rings. The van der Waals surface area contributed by atoms with E-state index in [-0.39, 0.29) is 18.3 Å². The van der Waals surface area contributed by atoms with Crippen LogP contribution in [-0.2, 0) is 6.54 Å². The number of hydrogen-bond donors (Lipinski definition) is 1. The van der Waals surface area contributed by atoms with E-state index in [4.69, 9.17) is 1.37 Å². The van der Waals surface area contributed by atoms with E-state index in [1.165, 1.54) is 24.3 Å². The Morgan fingerprint density at radius 2 is 1.85 bits per heavy atom. The number of hydrogen-bond acceptors (Lipinski definition) is 3. The molecule has 1 unspecified atom stereocenters.